The predicted molar refractivity (Wildman–Crippen MR) is 149 cm³/mol. The number of thiophene rings is 1. The minimum Gasteiger partial charge on any atom is -0.247 e. The Kier molecular flexibility index (Phi) is 5.77. The highest BCUT2D eigenvalue weighted by atomic mass is 32.1. The average Bonchev–Trinajstić information content (AvgIpc) is 3.41. The number of rotatable bonds is 5. The van der Waals surface area contributed by atoms with Crippen molar-refractivity contribution in [1.82, 2.24) is 4.98 Å². The molecule has 0 unspecified atom stereocenters. The Bertz CT molecular complexity index is 1500. The third kappa shape index (κ3) is 4.07. The van der Waals surface area contributed by atoms with Crippen molar-refractivity contribution in [3.8, 4) is 21.0 Å². The van der Waals surface area contributed by atoms with Crippen LogP contribution in [0.15, 0.2) is 133 Å². The summed E-state index contributed by atoms with van der Waals surface area (Å²) in [7, 11) is -0.673. The molecule has 0 saturated heterocycles. The number of hydrogen-bond acceptors (Lipinski definition) is 2. The molecule has 3 heteroatoms. The smallest absolute Gasteiger partial charge is 0.0809 e. The summed E-state index contributed by atoms with van der Waals surface area (Å²) < 4.78 is 0. The molecule has 4 aromatic carbocycles. The normalized spacial score (nSPS) is 11.2. The lowest BCUT2D eigenvalue weighted by Crippen LogP contribution is -2.21. The van der Waals surface area contributed by atoms with Gasteiger partial charge in [0.25, 0.3) is 0 Å². The van der Waals surface area contributed by atoms with Crippen LogP contribution in [0.25, 0.3) is 31.9 Å². The molecular formula is C31H22NPS. The highest BCUT2D eigenvalue weighted by Crippen LogP contribution is 2.37. The van der Waals surface area contributed by atoms with Crippen LogP contribution in [0.5, 0.6) is 0 Å². The maximum Gasteiger partial charge on any atom is 0.0809 e. The highest BCUT2D eigenvalue weighted by Gasteiger charge is 2.19. The second-order valence-electron chi connectivity index (χ2n) is 8.08. The lowest BCUT2D eigenvalue weighted by Gasteiger charge is -2.21. The van der Waals surface area contributed by atoms with E-state index in [-0.39, 0.29) is 0 Å². The van der Waals surface area contributed by atoms with Crippen molar-refractivity contribution in [2.24, 2.45) is 0 Å². The average molecular weight is 472 g/mol. The fourth-order valence-corrected chi connectivity index (χ4v) is 7.73. The molecule has 34 heavy (non-hydrogen) atoms. The van der Waals surface area contributed by atoms with Gasteiger partial charge in [0, 0.05) is 10.3 Å². The first-order valence-corrected chi connectivity index (χ1v) is 13.5. The molecule has 0 fully saturated rings. The van der Waals surface area contributed by atoms with Gasteiger partial charge in [-0.3, -0.25) is 0 Å². The minimum absolute atomic E-state index is 0.673. The van der Waals surface area contributed by atoms with Crippen LogP contribution in [0.3, 0.4) is 0 Å². The number of nitrogens with zero attached hydrogens (tertiary/aromatic N) is 1. The van der Waals surface area contributed by atoms with E-state index in [4.69, 9.17) is 4.98 Å². The van der Waals surface area contributed by atoms with Gasteiger partial charge in [0.05, 0.1) is 16.1 Å². The lowest BCUT2D eigenvalue weighted by atomic mass is 10.2. The summed E-state index contributed by atoms with van der Waals surface area (Å²) in [6.45, 7) is 0. The Morgan fingerprint density at radius 2 is 1.12 bits per heavy atom. The van der Waals surface area contributed by atoms with Gasteiger partial charge in [-0.25, -0.2) is 4.98 Å². The zero-order valence-electron chi connectivity index (χ0n) is 18.5. The fraction of sp³-hybridized carbons (Fsp3) is 0. The SMILES string of the molecule is c1ccc(-c2ccc(-c3ccc4c(P(c5ccccc5)c5ccccc5)cccc4n3)s2)cc1. The number of benzene rings is 4. The quantitative estimate of drug-likeness (QED) is 0.239. The maximum atomic E-state index is 5.10. The van der Waals surface area contributed by atoms with Crippen LogP contribution < -0.4 is 15.9 Å². The largest absolute Gasteiger partial charge is 0.247 e. The summed E-state index contributed by atoms with van der Waals surface area (Å²) in [6.07, 6.45) is 0. The van der Waals surface area contributed by atoms with E-state index in [9.17, 15) is 0 Å². The molecule has 0 aliphatic rings. The van der Waals surface area contributed by atoms with E-state index in [0.717, 1.165) is 11.2 Å². The van der Waals surface area contributed by atoms with Crippen LogP contribution in [0.4, 0.5) is 0 Å². The molecule has 0 N–H and O–H groups in total. The van der Waals surface area contributed by atoms with E-state index in [0.29, 0.717) is 0 Å². The van der Waals surface area contributed by atoms with Crippen molar-refractivity contribution in [3.05, 3.63) is 133 Å². The van der Waals surface area contributed by atoms with E-state index in [1.165, 1.54) is 36.6 Å². The van der Waals surface area contributed by atoms with Crippen LogP contribution in [-0.2, 0) is 0 Å². The lowest BCUT2D eigenvalue weighted by molar-refractivity contribution is 1.42. The molecule has 0 spiro atoms. The predicted octanol–water partition coefficient (Wildman–Crippen LogP) is 7.39. The summed E-state index contributed by atoms with van der Waals surface area (Å²) in [5, 5.41) is 5.28. The Morgan fingerprint density at radius 3 is 1.79 bits per heavy atom. The Balaban J connectivity index is 1.45. The zero-order valence-corrected chi connectivity index (χ0v) is 20.2. The van der Waals surface area contributed by atoms with Gasteiger partial charge in [0.2, 0.25) is 0 Å². The van der Waals surface area contributed by atoms with Crippen LogP contribution >= 0.6 is 19.3 Å². The van der Waals surface area contributed by atoms with Gasteiger partial charge in [-0.1, -0.05) is 103 Å². The molecular weight excluding hydrogens is 449 g/mol. The molecule has 0 amide bonds. The van der Waals surface area contributed by atoms with E-state index >= 15 is 0 Å². The number of pyridine rings is 1. The zero-order chi connectivity index (χ0) is 22.7. The van der Waals surface area contributed by atoms with Crippen LogP contribution in [0.1, 0.15) is 0 Å². The highest BCUT2D eigenvalue weighted by molar-refractivity contribution is 7.80. The first-order chi connectivity index (χ1) is 16.9. The molecule has 2 heterocycles. The molecule has 2 aromatic heterocycles. The summed E-state index contributed by atoms with van der Waals surface area (Å²) >= 11 is 1.79. The second-order valence-corrected chi connectivity index (χ2v) is 11.3. The minimum atomic E-state index is -0.673. The molecule has 162 valence electrons. The fourth-order valence-electron chi connectivity index (χ4n) is 4.29. The molecule has 0 saturated carbocycles. The standard InChI is InChI=1S/C31H22NPS/c1-4-11-23(12-5-1)30-21-22-31(34-30)28-20-19-26-27(32-28)17-10-18-29(26)33(24-13-6-2-7-14-24)25-15-8-3-9-16-25/h1-22H. The van der Waals surface area contributed by atoms with E-state index in [1.807, 2.05) is 0 Å². The molecule has 0 radical (unpaired) electrons. The molecule has 0 aliphatic carbocycles. The topological polar surface area (TPSA) is 12.9 Å². The Morgan fingerprint density at radius 1 is 0.500 bits per heavy atom. The van der Waals surface area contributed by atoms with Crippen LogP contribution in [0.2, 0.25) is 0 Å². The maximum absolute atomic E-state index is 5.10. The van der Waals surface area contributed by atoms with Crippen LogP contribution in [-0.4, -0.2) is 4.98 Å². The Hall–Kier alpha value is -3.58. The van der Waals surface area contributed by atoms with E-state index in [1.54, 1.807) is 11.3 Å². The molecule has 0 aliphatic heterocycles. The summed E-state index contributed by atoms with van der Waals surface area (Å²) in [4.78, 5) is 7.56. The van der Waals surface area contributed by atoms with Crippen molar-refractivity contribution in [2.45, 2.75) is 0 Å². The van der Waals surface area contributed by atoms with Gasteiger partial charge in [-0.05, 0) is 59.7 Å². The summed E-state index contributed by atoms with van der Waals surface area (Å²) in [5.74, 6) is 0. The van der Waals surface area contributed by atoms with Crippen molar-refractivity contribution in [1.29, 1.82) is 0 Å². The van der Waals surface area contributed by atoms with Gasteiger partial charge >= 0.3 is 0 Å². The second kappa shape index (κ2) is 9.35. The summed E-state index contributed by atoms with van der Waals surface area (Å²) in [5.41, 5.74) is 3.32. The molecule has 0 bridgehead atoms. The van der Waals surface area contributed by atoms with Gasteiger partial charge in [0.15, 0.2) is 0 Å². The molecule has 1 nitrogen and oxygen atoms in total. The van der Waals surface area contributed by atoms with Gasteiger partial charge in [0.1, 0.15) is 0 Å². The summed E-state index contributed by atoms with van der Waals surface area (Å²) in [6, 6.07) is 47.6. The number of aromatic nitrogens is 1. The molecule has 0 atom stereocenters. The van der Waals surface area contributed by atoms with Crippen LogP contribution in [0, 0.1) is 0 Å². The van der Waals surface area contributed by atoms with Crippen molar-refractivity contribution >= 4 is 46.1 Å². The third-order valence-corrected chi connectivity index (χ3v) is 9.55. The molecule has 6 aromatic rings. The number of fused-ring (bicyclic) bond motifs is 1. The van der Waals surface area contributed by atoms with Gasteiger partial charge in [-0.15, -0.1) is 11.3 Å². The van der Waals surface area contributed by atoms with Gasteiger partial charge < -0.3 is 0 Å². The number of hydrogen-bond donors (Lipinski definition) is 0. The van der Waals surface area contributed by atoms with Crippen molar-refractivity contribution < 1.29 is 0 Å². The van der Waals surface area contributed by atoms with E-state index in [2.05, 4.69) is 133 Å². The third-order valence-electron chi connectivity index (χ3n) is 5.90. The van der Waals surface area contributed by atoms with Crippen molar-refractivity contribution in [2.75, 3.05) is 0 Å². The van der Waals surface area contributed by atoms with Crippen molar-refractivity contribution in [3.63, 3.8) is 0 Å². The first kappa shape index (κ1) is 21.0. The molecule has 6 rings (SSSR count). The first-order valence-electron chi connectivity index (χ1n) is 11.3. The Labute approximate surface area is 205 Å². The monoisotopic (exact) mass is 471 g/mol. The van der Waals surface area contributed by atoms with Gasteiger partial charge in [-0.2, -0.15) is 0 Å². The van der Waals surface area contributed by atoms with E-state index < -0.39 is 7.92 Å².